The van der Waals surface area contributed by atoms with Gasteiger partial charge in [-0.15, -0.1) is 0 Å². The summed E-state index contributed by atoms with van der Waals surface area (Å²) in [6.45, 7) is 4.42. The molecule has 2 fully saturated rings. The molecule has 2 bridgehead atoms. The molecule has 3 aromatic rings. The molecule has 0 saturated carbocycles. The van der Waals surface area contributed by atoms with Gasteiger partial charge in [-0.25, -0.2) is 8.42 Å². The summed E-state index contributed by atoms with van der Waals surface area (Å²) in [6, 6.07) is 15.1. The van der Waals surface area contributed by atoms with Gasteiger partial charge in [0.05, 0.1) is 37.2 Å². The van der Waals surface area contributed by atoms with E-state index in [9.17, 15) is 13.2 Å². The zero-order chi connectivity index (χ0) is 25.7. The summed E-state index contributed by atoms with van der Waals surface area (Å²) in [7, 11) is -0.106. The van der Waals surface area contributed by atoms with E-state index in [-0.39, 0.29) is 16.1 Å². The van der Waals surface area contributed by atoms with Crippen LogP contribution in [0.3, 0.4) is 0 Å². The minimum atomic E-state index is -3.97. The van der Waals surface area contributed by atoms with E-state index >= 15 is 0 Å². The Morgan fingerprint density at radius 2 is 1.76 bits per heavy atom. The van der Waals surface area contributed by atoms with Crippen LogP contribution in [0.4, 0.5) is 11.4 Å². The number of likely N-dealkylation sites (tertiary alicyclic amines) is 1. The summed E-state index contributed by atoms with van der Waals surface area (Å²) in [5.74, 6) is 0.752. The Hall–Kier alpha value is -2.88. The summed E-state index contributed by atoms with van der Waals surface area (Å²) in [6.07, 6.45) is 3.31. The van der Waals surface area contributed by atoms with Crippen molar-refractivity contribution in [1.82, 2.24) is 4.57 Å². The van der Waals surface area contributed by atoms with E-state index < -0.39 is 10.0 Å². The topological polar surface area (TPSA) is 85.1 Å². The van der Waals surface area contributed by atoms with Crippen molar-refractivity contribution in [2.45, 2.75) is 42.7 Å². The minimum absolute atomic E-state index is 0.109. The molecule has 37 heavy (non-hydrogen) atoms. The van der Waals surface area contributed by atoms with E-state index in [1.165, 1.54) is 0 Å². The molecular formula is C28H35N4O4S+. The van der Waals surface area contributed by atoms with Crippen LogP contribution < -0.4 is 20.1 Å². The number of anilines is 2. The van der Waals surface area contributed by atoms with Crippen molar-refractivity contribution < 1.29 is 18.1 Å². The van der Waals surface area contributed by atoms with Crippen LogP contribution in [0.25, 0.3) is 10.8 Å². The lowest BCUT2D eigenvalue weighted by molar-refractivity contribution is -0.937. The number of aromatic nitrogens is 1. The third kappa shape index (κ3) is 4.43. The third-order valence-corrected chi connectivity index (χ3v) is 9.84. The number of ether oxygens (including phenoxy) is 1. The number of hydrogen-bond acceptors (Lipinski definition) is 5. The van der Waals surface area contributed by atoms with Gasteiger partial charge in [0.2, 0.25) is 0 Å². The van der Waals surface area contributed by atoms with Gasteiger partial charge in [0.15, 0.2) is 0 Å². The maximum Gasteiger partial charge on any atom is 0.275 e. The molecule has 0 aliphatic carbocycles. The van der Waals surface area contributed by atoms with Crippen molar-refractivity contribution in [3.63, 3.8) is 0 Å². The average Bonchev–Trinajstić information content (AvgIpc) is 2.90. The van der Waals surface area contributed by atoms with Crippen LogP contribution in [0.5, 0.6) is 0 Å². The smallest absolute Gasteiger partial charge is 0.275 e. The molecule has 1 unspecified atom stereocenters. The van der Waals surface area contributed by atoms with Gasteiger partial charge >= 0.3 is 0 Å². The van der Waals surface area contributed by atoms with Crippen LogP contribution in [0.15, 0.2) is 58.2 Å². The molecule has 9 heteroatoms. The van der Waals surface area contributed by atoms with Gasteiger partial charge in [-0.05, 0) is 30.7 Å². The van der Waals surface area contributed by atoms with Gasteiger partial charge in [-0.2, -0.15) is 0 Å². The quantitative estimate of drug-likeness (QED) is 0.535. The number of nitrogens with one attached hydrogen (secondary N) is 2. The highest BCUT2D eigenvalue weighted by atomic mass is 32.2. The molecule has 0 radical (unpaired) electrons. The van der Waals surface area contributed by atoms with E-state index in [4.69, 9.17) is 4.74 Å². The van der Waals surface area contributed by atoms with E-state index in [2.05, 4.69) is 4.72 Å². The predicted molar refractivity (Wildman–Crippen MR) is 145 cm³/mol. The number of hydrogen-bond donors (Lipinski definition) is 2. The van der Waals surface area contributed by atoms with Crippen molar-refractivity contribution in [2.75, 3.05) is 50.0 Å². The number of pyridine rings is 1. The highest BCUT2D eigenvalue weighted by Gasteiger charge is 2.40. The lowest BCUT2D eigenvalue weighted by Crippen LogP contribution is -3.18. The standard InChI is InChI=1S/C28H34N4O4S/c1-30(2)26-7-3-6-23-22(26)5-4-8-27(23)37(34,35)29-24-9-10-25-20-15-19(17-32(25)28(24)33)16-31(18-20)21-11-13-36-14-12-21/h3-10,19-21,29H,11-18H2,1-2H3/p+1/t19-,20+/m0/s1. The number of fused-ring (bicyclic) bond motifs is 5. The summed E-state index contributed by atoms with van der Waals surface area (Å²) in [5, 5.41) is 1.48. The van der Waals surface area contributed by atoms with Crippen molar-refractivity contribution in [2.24, 2.45) is 5.92 Å². The van der Waals surface area contributed by atoms with Crippen LogP contribution in [-0.2, 0) is 21.3 Å². The fraction of sp³-hybridized carbons (Fsp3) is 0.464. The van der Waals surface area contributed by atoms with E-state index in [1.54, 1.807) is 23.1 Å². The summed E-state index contributed by atoms with van der Waals surface area (Å²) in [5.41, 5.74) is 1.83. The normalized spacial score (nSPS) is 24.0. The summed E-state index contributed by atoms with van der Waals surface area (Å²) >= 11 is 0. The van der Waals surface area contributed by atoms with Crippen molar-refractivity contribution >= 4 is 32.2 Å². The fourth-order valence-electron chi connectivity index (χ4n) is 6.71. The second-order valence-corrected chi connectivity index (χ2v) is 12.6. The maximum absolute atomic E-state index is 13.5. The lowest BCUT2D eigenvalue weighted by Gasteiger charge is -2.44. The SMILES string of the molecule is CN(C)c1cccc2c(S(=O)(=O)Nc3ccc4n(c3=O)C[C@H]3C[C@@H]4C[NH+](C4CCOCC4)C3)cccc12. The number of rotatable bonds is 5. The second-order valence-electron chi connectivity index (χ2n) is 11.0. The van der Waals surface area contributed by atoms with Crippen LogP contribution >= 0.6 is 0 Å². The molecular weight excluding hydrogens is 488 g/mol. The average molecular weight is 524 g/mol. The second kappa shape index (κ2) is 9.45. The Bertz CT molecular complexity index is 1490. The van der Waals surface area contributed by atoms with E-state index in [0.717, 1.165) is 62.3 Å². The molecule has 8 nitrogen and oxygen atoms in total. The number of nitrogens with zero attached hydrogens (tertiary/aromatic N) is 2. The van der Waals surface area contributed by atoms with Gasteiger partial charge < -0.3 is 19.1 Å². The number of benzene rings is 2. The van der Waals surface area contributed by atoms with E-state index in [1.807, 2.05) is 53.9 Å². The van der Waals surface area contributed by atoms with E-state index in [0.29, 0.717) is 29.8 Å². The Balaban J connectivity index is 1.30. The molecule has 6 rings (SSSR count). The molecule has 2 saturated heterocycles. The van der Waals surface area contributed by atoms with Crippen molar-refractivity contribution in [3.05, 3.63) is 64.6 Å². The lowest BCUT2D eigenvalue weighted by atomic mass is 9.82. The number of piperidine rings is 1. The van der Waals surface area contributed by atoms with Crippen LogP contribution in [0, 0.1) is 5.92 Å². The van der Waals surface area contributed by atoms with Crippen LogP contribution in [0.2, 0.25) is 0 Å². The summed E-state index contributed by atoms with van der Waals surface area (Å²) in [4.78, 5) is 17.3. The molecule has 3 aliphatic rings. The van der Waals surface area contributed by atoms with Crippen molar-refractivity contribution in [3.8, 4) is 0 Å². The monoisotopic (exact) mass is 523 g/mol. The molecule has 2 aromatic carbocycles. The van der Waals surface area contributed by atoms with Gasteiger partial charge in [0.1, 0.15) is 5.69 Å². The first-order valence-corrected chi connectivity index (χ1v) is 14.7. The zero-order valence-electron chi connectivity index (χ0n) is 21.4. The maximum atomic E-state index is 13.5. The van der Waals surface area contributed by atoms with Crippen LogP contribution in [-0.4, -0.2) is 59.4 Å². The fourth-order valence-corrected chi connectivity index (χ4v) is 7.99. The molecule has 1 aromatic heterocycles. The molecule has 2 N–H and O–H groups in total. The Kier molecular flexibility index (Phi) is 6.25. The molecule has 0 spiro atoms. The first-order chi connectivity index (χ1) is 17.8. The summed E-state index contributed by atoms with van der Waals surface area (Å²) < 4.78 is 37.1. The third-order valence-electron chi connectivity index (χ3n) is 8.42. The van der Waals surface area contributed by atoms with Gasteiger partial charge in [0, 0.05) is 67.5 Å². The number of sulfonamides is 1. The van der Waals surface area contributed by atoms with Gasteiger partial charge in [0.25, 0.3) is 15.6 Å². The molecule has 3 atom stereocenters. The molecule has 0 amide bonds. The Morgan fingerprint density at radius 1 is 1.00 bits per heavy atom. The largest absolute Gasteiger partial charge is 0.381 e. The Labute approximate surface area is 217 Å². The molecule has 196 valence electrons. The highest BCUT2D eigenvalue weighted by Crippen LogP contribution is 2.33. The highest BCUT2D eigenvalue weighted by molar-refractivity contribution is 7.93. The number of quaternary nitrogens is 1. The minimum Gasteiger partial charge on any atom is -0.381 e. The first kappa shape index (κ1) is 24.5. The predicted octanol–water partition coefficient (Wildman–Crippen LogP) is 2.05. The van der Waals surface area contributed by atoms with Crippen LogP contribution in [0.1, 0.15) is 30.9 Å². The molecule has 3 aliphatic heterocycles. The van der Waals surface area contributed by atoms with Crippen molar-refractivity contribution in [1.29, 1.82) is 0 Å². The van der Waals surface area contributed by atoms with Gasteiger partial charge in [-0.3, -0.25) is 9.52 Å². The van der Waals surface area contributed by atoms with Gasteiger partial charge in [-0.1, -0.05) is 24.3 Å². The Morgan fingerprint density at radius 3 is 2.54 bits per heavy atom. The zero-order valence-corrected chi connectivity index (χ0v) is 22.3. The first-order valence-electron chi connectivity index (χ1n) is 13.2. The molecule has 4 heterocycles.